The van der Waals surface area contributed by atoms with Gasteiger partial charge in [-0.15, -0.1) is 0 Å². The Hall–Kier alpha value is -5.86. The van der Waals surface area contributed by atoms with Gasteiger partial charge in [0.1, 0.15) is 11.2 Å². The minimum Gasteiger partial charge on any atom is -0.456 e. The highest BCUT2D eigenvalue weighted by Crippen LogP contribution is 2.70. The fraction of sp³-hybridized carbons (Fsp3) is 0.0233. The molecule has 0 radical (unpaired) electrons. The van der Waals surface area contributed by atoms with E-state index in [0.717, 1.165) is 39.0 Å². The zero-order valence-electron chi connectivity index (χ0n) is 24.3. The Kier molecular flexibility index (Phi) is 4.29. The second-order valence-electron chi connectivity index (χ2n) is 12.4. The summed E-state index contributed by atoms with van der Waals surface area (Å²) >= 11 is 0. The Morgan fingerprint density at radius 3 is 1.82 bits per heavy atom. The second kappa shape index (κ2) is 8.19. The van der Waals surface area contributed by atoms with Crippen molar-refractivity contribution in [1.29, 1.82) is 0 Å². The van der Waals surface area contributed by atoms with Crippen molar-refractivity contribution in [2.45, 2.75) is 5.41 Å². The van der Waals surface area contributed by atoms with Crippen molar-refractivity contribution >= 4 is 39.0 Å². The molecule has 3 aliphatic carbocycles. The lowest BCUT2D eigenvalue weighted by Gasteiger charge is -2.30. The number of para-hydroxylation sites is 2. The predicted molar refractivity (Wildman–Crippen MR) is 184 cm³/mol. The molecule has 1 unspecified atom stereocenters. The fourth-order valence-electron chi connectivity index (χ4n) is 8.83. The van der Waals surface area contributed by atoms with E-state index in [1.807, 2.05) is 6.07 Å². The van der Waals surface area contributed by atoms with Crippen molar-refractivity contribution in [2.75, 3.05) is 4.90 Å². The molecule has 208 valence electrons. The van der Waals surface area contributed by atoms with Crippen molar-refractivity contribution in [1.82, 2.24) is 0 Å². The average Bonchev–Trinajstić information content (AvgIpc) is 3.81. The van der Waals surface area contributed by atoms with Gasteiger partial charge in [-0.1, -0.05) is 109 Å². The van der Waals surface area contributed by atoms with Crippen molar-refractivity contribution in [3.05, 3.63) is 174 Å². The number of fused-ring (bicyclic) bond motifs is 8. The number of benzene rings is 7. The zero-order valence-corrected chi connectivity index (χ0v) is 24.3. The van der Waals surface area contributed by atoms with E-state index in [2.05, 4.69) is 150 Å². The largest absolute Gasteiger partial charge is 0.456 e. The second-order valence-corrected chi connectivity index (χ2v) is 12.4. The molecular formula is C43H25NO. The summed E-state index contributed by atoms with van der Waals surface area (Å²) in [5, 5.41) is 2.25. The van der Waals surface area contributed by atoms with Gasteiger partial charge < -0.3 is 9.32 Å². The first-order chi connectivity index (χ1) is 22.3. The molecule has 3 aliphatic rings. The van der Waals surface area contributed by atoms with Crippen LogP contribution >= 0.6 is 0 Å². The molecule has 45 heavy (non-hydrogen) atoms. The number of anilines is 3. The molecular weight excluding hydrogens is 546 g/mol. The lowest BCUT2D eigenvalue weighted by atomic mass is 9.73. The summed E-state index contributed by atoms with van der Waals surface area (Å²) in [4.78, 5) is 2.41. The Morgan fingerprint density at radius 2 is 1.02 bits per heavy atom. The van der Waals surface area contributed by atoms with Gasteiger partial charge in [0.15, 0.2) is 0 Å². The van der Waals surface area contributed by atoms with E-state index in [1.54, 1.807) is 0 Å². The van der Waals surface area contributed by atoms with Crippen molar-refractivity contribution in [2.24, 2.45) is 0 Å². The number of rotatable bonds is 3. The first-order valence-electron chi connectivity index (χ1n) is 15.6. The van der Waals surface area contributed by atoms with Gasteiger partial charge in [-0.05, 0) is 98.1 Å². The third-order valence-electron chi connectivity index (χ3n) is 10.4. The molecule has 0 saturated carbocycles. The highest BCUT2D eigenvalue weighted by atomic mass is 16.3. The van der Waals surface area contributed by atoms with Crippen molar-refractivity contribution in [3.8, 4) is 33.4 Å². The summed E-state index contributed by atoms with van der Waals surface area (Å²) in [5.74, 6) is 0. The molecule has 0 aliphatic heterocycles. The molecule has 1 heterocycles. The van der Waals surface area contributed by atoms with Crippen LogP contribution in [0.4, 0.5) is 17.1 Å². The van der Waals surface area contributed by atoms with Gasteiger partial charge in [0.05, 0.1) is 16.5 Å². The molecule has 2 heteroatoms. The highest BCUT2D eigenvalue weighted by molar-refractivity contribution is 6.13. The molecule has 0 N–H and O–H groups in total. The summed E-state index contributed by atoms with van der Waals surface area (Å²) in [6.07, 6.45) is 0. The van der Waals surface area contributed by atoms with E-state index in [9.17, 15) is 0 Å². The maximum Gasteiger partial charge on any atom is 0.137 e. The van der Waals surface area contributed by atoms with Gasteiger partial charge in [0.2, 0.25) is 0 Å². The summed E-state index contributed by atoms with van der Waals surface area (Å²) in [5.41, 5.74) is 18.6. The predicted octanol–water partition coefficient (Wildman–Crippen LogP) is 11.4. The van der Waals surface area contributed by atoms with Gasteiger partial charge in [-0.3, -0.25) is 0 Å². The van der Waals surface area contributed by atoms with Crippen LogP contribution < -0.4 is 4.90 Å². The first-order valence-corrected chi connectivity index (χ1v) is 15.6. The van der Waals surface area contributed by atoms with Crippen LogP contribution in [0.3, 0.4) is 0 Å². The normalized spacial score (nSPS) is 16.1. The third-order valence-corrected chi connectivity index (χ3v) is 10.4. The first kappa shape index (κ1) is 23.6. The van der Waals surface area contributed by atoms with Crippen LogP contribution in [0.5, 0.6) is 0 Å². The molecule has 7 aromatic carbocycles. The maximum absolute atomic E-state index is 6.36. The summed E-state index contributed by atoms with van der Waals surface area (Å²) in [6, 6.07) is 55.5. The van der Waals surface area contributed by atoms with Gasteiger partial charge in [-0.2, -0.15) is 0 Å². The lowest BCUT2D eigenvalue weighted by Crippen LogP contribution is -2.23. The smallest absolute Gasteiger partial charge is 0.137 e. The van der Waals surface area contributed by atoms with E-state index in [0.29, 0.717) is 0 Å². The number of nitrogens with zero attached hydrogens (tertiary/aromatic N) is 1. The zero-order chi connectivity index (χ0) is 29.3. The Bertz CT molecular complexity index is 2520. The van der Waals surface area contributed by atoms with Gasteiger partial charge >= 0.3 is 0 Å². The van der Waals surface area contributed by atoms with Crippen LogP contribution in [0.25, 0.3) is 55.3 Å². The van der Waals surface area contributed by atoms with Gasteiger partial charge in [0.25, 0.3) is 0 Å². The van der Waals surface area contributed by atoms with E-state index in [4.69, 9.17) is 4.42 Å². The Balaban J connectivity index is 1.24. The summed E-state index contributed by atoms with van der Waals surface area (Å²) in [7, 11) is 0. The number of hydrogen-bond donors (Lipinski definition) is 0. The van der Waals surface area contributed by atoms with Crippen LogP contribution in [-0.4, -0.2) is 0 Å². The molecule has 1 atom stereocenters. The lowest BCUT2D eigenvalue weighted by molar-refractivity contribution is 0.669. The van der Waals surface area contributed by atoms with E-state index < -0.39 is 0 Å². The molecule has 1 aromatic heterocycles. The van der Waals surface area contributed by atoms with E-state index in [1.165, 1.54) is 55.6 Å². The molecule has 1 spiro atoms. The third kappa shape index (κ3) is 2.73. The van der Waals surface area contributed by atoms with E-state index in [-0.39, 0.29) is 5.41 Å². The van der Waals surface area contributed by atoms with Gasteiger partial charge in [-0.25, -0.2) is 0 Å². The molecule has 8 aromatic rings. The summed E-state index contributed by atoms with van der Waals surface area (Å²) < 4.78 is 6.36. The van der Waals surface area contributed by atoms with Crippen LogP contribution in [0, 0.1) is 0 Å². The van der Waals surface area contributed by atoms with E-state index >= 15 is 0 Å². The molecule has 11 rings (SSSR count). The van der Waals surface area contributed by atoms with Crippen LogP contribution in [0.2, 0.25) is 0 Å². The Morgan fingerprint density at radius 1 is 0.422 bits per heavy atom. The minimum absolute atomic E-state index is 0.323. The number of hydrogen-bond acceptors (Lipinski definition) is 2. The standard InChI is InChI=1S/C43H25NO/c1-2-11-26(12-3-1)44(37-20-10-22-39-40(37)34-14-5-7-21-38(34)45-39)27-23-24-29-31-16-9-18-33-32-17-8-15-30-28-13-4-6-19-35(28)43(41(30)32,42(31)33)36(29)25-27/h1-25H. The quantitative estimate of drug-likeness (QED) is 0.210. The molecule has 0 saturated heterocycles. The van der Waals surface area contributed by atoms with Crippen LogP contribution in [0.1, 0.15) is 22.3 Å². The molecule has 0 fully saturated rings. The molecule has 0 amide bonds. The fourth-order valence-corrected chi connectivity index (χ4v) is 8.83. The van der Waals surface area contributed by atoms with Crippen LogP contribution in [0.15, 0.2) is 156 Å². The van der Waals surface area contributed by atoms with Crippen LogP contribution in [-0.2, 0) is 5.41 Å². The minimum atomic E-state index is -0.323. The maximum atomic E-state index is 6.36. The SMILES string of the molecule is c1ccc(N(c2ccc3c(c2)C24c5ccccc5-c5cccc(c52)-c2cccc-3c24)c2cccc3oc4ccccc4c23)cc1. The average molecular weight is 572 g/mol. The van der Waals surface area contributed by atoms with Crippen molar-refractivity contribution < 1.29 is 4.42 Å². The van der Waals surface area contributed by atoms with Gasteiger partial charge in [0, 0.05) is 16.8 Å². The molecule has 0 bridgehead atoms. The monoisotopic (exact) mass is 571 g/mol. The van der Waals surface area contributed by atoms with Crippen molar-refractivity contribution in [3.63, 3.8) is 0 Å². The topological polar surface area (TPSA) is 16.4 Å². The number of furan rings is 1. The molecule has 2 nitrogen and oxygen atoms in total. The highest BCUT2D eigenvalue weighted by Gasteiger charge is 2.57. The Labute approximate surface area is 260 Å². The summed E-state index contributed by atoms with van der Waals surface area (Å²) in [6.45, 7) is 0.